The molecule has 1 aromatic rings. The molecule has 158 valence electrons. The zero-order chi connectivity index (χ0) is 21.3. The van der Waals surface area contributed by atoms with Gasteiger partial charge in [-0.1, -0.05) is 13.8 Å². The van der Waals surface area contributed by atoms with Crippen molar-refractivity contribution in [1.29, 1.82) is 0 Å². The van der Waals surface area contributed by atoms with Crippen LogP contribution in [0.15, 0.2) is 24.3 Å². The predicted molar refractivity (Wildman–Crippen MR) is 112 cm³/mol. The third-order valence-corrected chi connectivity index (χ3v) is 6.07. The van der Waals surface area contributed by atoms with Crippen LogP contribution in [0.2, 0.25) is 0 Å². The number of amides is 3. The van der Waals surface area contributed by atoms with E-state index in [0.717, 1.165) is 23.7 Å². The Morgan fingerprint density at radius 3 is 2.28 bits per heavy atom. The van der Waals surface area contributed by atoms with Gasteiger partial charge in [0.2, 0.25) is 17.7 Å². The van der Waals surface area contributed by atoms with Crippen LogP contribution in [0.25, 0.3) is 0 Å². The fraction of sp³-hybridized carbons (Fsp3) is 0.591. The predicted octanol–water partition coefficient (Wildman–Crippen LogP) is 2.66. The Morgan fingerprint density at radius 1 is 1.17 bits per heavy atom. The van der Waals surface area contributed by atoms with E-state index in [-0.39, 0.29) is 48.8 Å². The van der Waals surface area contributed by atoms with Crippen molar-refractivity contribution in [2.24, 2.45) is 11.3 Å². The highest BCUT2D eigenvalue weighted by molar-refractivity contribution is 6.09. The van der Waals surface area contributed by atoms with Gasteiger partial charge < -0.3 is 15.0 Å². The van der Waals surface area contributed by atoms with Crippen molar-refractivity contribution in [1.82, 2.24) is 4.90 Å². The summed E-state index contributed by atoms with van der Waals surface area (Å²) >= 11 is 0. The lowest BCUT2D eigenvalue weighted by Gasteiger charge is -2.36. The minimum absolute atomic E-state index is 0.0326. The lowest BCUT2D eigenvalue weighted by molar-refractivity contribution is -0.144. The molecule has 1 N–H and O–H groups in total. The Bertz CT molecular complexity index is 782. The van der Waals surface area contributed by atoms with Crippen LogP contribution in [-0.2, 0) is 19.1 Å². The molecule has 0 aromatic heterocycles. The Kier molecular flexibility index (Phi) is 5.98. The molecule has 0 spiro atoms. The quantitative estimate of drug-likeness (QED) is 0.768. The van der Waals surface area contributed by atoms with Crippen LogP contribution in [0.4, 0.5) is 11.4 Å². The van der Waals surface area contributed by atoms with Gasteiger partial charge in [0.05, 0.1) is 17.6 Å². The van der Waals surface area contributed by atoms with Gasteiger partial charge in [-0.15, -0.1) is 0 Å². The molecule has 0 unspecified atom stereocenters. The summed E-state index contributed by atoms with van der Waals surface area (Å²) in [5.74, 6) is -0.892. The largest absolute Gasteiger partial charge is 0.372 e. The minimum Gasteiger partial charge on any atom is -0.372 e. The highest BCUT2D eigenvalue weighted by atomic mass is 16.5. The number of nitrogens with one attached hydrogen (secondary N) is 1. The van der Waals surface area contributed by atoms with E-state index in [1.165, 1.54) is 0 Å². The number of carbonyl (C=O) groups is 3. The molecule has 2 saturated heterocycles. The third-order valence-electron chi connectivity index (χ3n) is 6.07. The summed E-state index contributed by atoms with van der Waals surface area (Å²) in [6, 6.07) is 7.60. The summed E-state index contributed by atoms with van der Waals surface area (Å²) in [7, 11) is 0. The van der Waals surface area contributed by atoms with Crippen LogP contribution in [0.3, 0.4) is 0 Å². The molecule has 29 heavy (non-hydrogen) atoms. The van der Waals surface area contributed by atoms with Crippen molar-refractivity contribution in [3.8, 4) is 0 Å². The molecule has 2 aliphatic rings. The molecule has 2 aliphatic heterocycles. The smallest absolute Gasteiger partial charge is 0.244 e. The first-order valence-corrected chi connectivity index (χ1v) is 10.2. The number of anilines is 2. The first-order valence-electron chi connectivity index (χ1n) is 10.2. The van der Waals surface area contributed by atoms with Crippen molar-refractivity contribution < 1.29 is 19.1 Å². The molecule has 3 rings (SSSR count). The minimum atomic E-state index is -0.731. The van der Waals surface area contributed by atoms with E-state index < -0.39 is 5.41 Å². The van der Waals surface area contributed by atoms with Crippen molar-refractivity contribution in [2.45, 2.75) is 53.2 Å². The summed E-state index contributed by atoms with van der Waals surface area (Å²) < 4.78 is 5.77. The van der Waals surface area contributed by atoms with E-state index in [9.17, 15) is 14.4 Å². The number of morpholine rings is 1. The second-order valence-corrected chi connectivity index (χ2v) is 8.79. The highest BCUT2D eigenvalue weighted by Crippen LogP contribution is 2.39. The number of carbonyl (C=O) groups excluding carboxylic acids is 3. The summed E-state index contributed by atoms with van der Waals surface area (Å²) in [5.41, 5.74) is 0.979. The Morgan fingerprint density at radius 2 is 1.76 bits per heavy atom. The molecule has 0 aliphatic carbocycles. The summed E-state index contributed by atoms with van der Waals surface area (Å²) in [6.45, 7) is 11.2. The standard InChI is InChI=1S/C22H31N3O4/c1-14(2)22(5)10-20(27)25(21(22)28)13-19(26)23-17-6-8-18(9-7-17)24-11-15(3)29-16(4)12-24/h6-9,14-16H,10-13H2,1-5H3,(H,23,26)/t15-,16+,22-/m1/s1. The normalized spacial score (nSPS) is 27.7. The van der Waals surface area contributed by atoms with E-state index in [1.807, 2.05) is 38.1 Å². The van der Waals surface area contributed by atoms with E-state index >= 15 is 0 Å². The number of likely N-dealkylation sites (tertiary alicyclic amines) is 1. The number of hydrogen-bond donors (Lipinski definition) is 1. The number of imide groups is 1. The maximum Gasteiger partial charge on any atom is 0.244 e. The average Bonchev–Trinajstić information content (AvgIpc) is 2.86. The maximum absolute atomic E-state index is 12.6. The van der Waals surface area contributed by atoms with Crippen LogP contribution in [-0.4, -0.2) is 54.5 Å². The van der Waals surface area contributed by atoms with Crippen molar-refractivity contribution in [2.75, 3.05) is 29.9 Å². The number of ether oxygens (including phenoxy) is 1. The third kappa shape index (κ3) is 4.45. The van der Waals surface area contributed by atoms with Gasteiger partial charge in [-0.05, 0) is 51.0 Å². The molecule has 2 fully saturated rings. The fourth-order valence-electron chi connectivity index (χ4n) is 4.01. The zero-order valence-corrected chi connectivity index (χ0v) is 17.9. The maximum atomic E-state index is 12.6. The molecule has 0 saturated carbocycles. The molecule has 3 atom stereocenters. The van der Waals surface area contributed by atoms with Crippen LogP contribution < -0.4 is 10.2 Å². The lowest BCUT2D eigenvalue weighted by Crippen LogP contribution is -2.45. The van der Waals surface area contributed by atoms with E-state index in [0.29, 0.717) is 5.69 Å². The number of nitrogens with zero attached hydrogens (tertiary/aromatic N) is 2. The van der Waals surface area contributed by atoms with Gasteiger partial charge in [-0.2, -0.15) is 0 Å². The molecule has 7 heteroatoms. The molecule has 7 nitrogen and oxygen atoms in total. The first kappa shape index (κ1) is 21.3. The highest BCUT2D eigenvalue weighted by Gasteiger charge is 2.50. The molecule has 2 heterocycles. The monoisotopic (exact) mass is 401 g/mol. The van der Waals surface area contributed by atoms with Gasteiger partial charge in [0.25, 0.3) is 0 Å². The second kappa shape index (κ2) is 8.14. The van der Waals surface area contributed by atoms with Gasteiger partial charge in [0, 0.05) is 30.9 Å². The van der Waals surface area contributed by atoms with Crippen molar-refractivity contribution in [3.05, 3.63) is 24.3 Å². The van der Waals surface area contributed by atoms with E-state index in [4.69, 9.17) is 4.74 Å². The summed E-state index contributed by atoms with van der Waals surface area (Å²) in [4.78, 5) is 40.7. The van der Waals surface area contributed by atoms with Gasteiger partial charge in [0.15, 0.2) is 0 Å². The average molecular weight is 402 g/mol. The number of benzene rings is 1. The molecule has 0 bridgehead atoms. The topological polar surface area (TPSA) is 79.0 Å². The Hall–Kier alpha value is -2.41. The van der Waals surface area contributed by atoms with Gasteiger partial charge in [-0.3, -0.25) is 19.3 Å². The van der Waals surface area contributed by atoms with Crippen LogP contribution in [0.1, 0.15) is 41.0 Å². The molecule has 1 aromatic carbocycles. The fourth-order valence-corrected chi connectivity index (χ4v) is 4.01. The summed E-state index contributed by atoms with van der Waals surface area (Å²) in [6.07, 6.45) is 0.498. The number of rotatable bonds is 5. The molecule has 3 amide bonds. The number of hydrogen-bond acceptors (Lipinski definition) is 5. The first-order chi connectivity index (χ1) is 13.6. The molecular formula is C22H31N3O4. The van der Waals surface area contributed by atoms with Crippen molar-refractivity contribution >= 4 is 29.1 Å². The van der Waals surface area contributed by atoms with Crippen molar-refractivity contribution in [3.63, 3.8) is 0 Å². The SMILES string of the molecule is CC(C)[C@@]1(C)CC(=O)N(CC(=O)Nc2ccc(N3C[C@@H](C)O[C@@H](C)C3)cc2)C1=O. The van der Waals surface area contributed by atoms with E-state index in [1.54, 1.807) is 6.92 Å². The molecule has 0 radical (unpaired) electrons. The van der Waals surface area contributed by atoms with Crippen LogP contribution >= 0.6 is 0 Å². The lowest BCUT2D eigenvalue weighted by atomic mass is 9.78. The Labute approximate surface area is 172 Å². The molecular weight excluding hydrogens is 370 g/mol. The van der Waals surface area contributed by atoms with Crippen LogP contribution in [0, 0.1) is 11.3 Å². The summed E-state index contributed by atoms with van der Waals surface area (Å²) in [5, 5.41) is 2.79. The van der Waals surface area contributed by atoms with Crippen LogP contribution in [0.5, 0.6) is 0 Å². The van der Waals surface area contributed by atoms with E-state index in [2.05, 4.69) is 24.1 Å². The van der Waals surface area contributed by atoms with Gasteiger partial charge in [-0.25, -0.2) is 0 Å². The van der Waals surface area contributed by atoms with Gasteiger partial charge in [0.1, 0.15) is 6.54 Å². The second-order valence-electron chi connectivity index (χ2n) is 8.79. The van der Waals surface area contributed by atoms with Gasteiger partial charge >= 0.3 is 0 Å². The Balaban J connectivity index is 1.60. The zero-order valence-electron chi connectivity index (χ0n) is 17.9.